The van der Waals surface area contributed by atoms with Gasteiger partial charge in [-0.2, -0.15) is 4.31 Å². The molecule has 0 saturated carbocycles. The molecule has 0 aliphatic heterocycles. The van der Waals surface area contributed by atoms with E-state index in [-0.39, 0.29) is 11.4 Å². The van der Waals surface area contributed by atoms with E-state index in [1.165, 1.54) is 18.2 Å². The Labute approximate surface area is 204 Å². The van der Waals surface area contributed by atoms with E-state index < -0.39 is 22.5 Å². The van der Waals surface area contributed by atoms with Crippen LogP contribution in [0.5, 0.6) is 0 Å². The molecule has 0 bridgehead atoms. The number of hydrogen-bond acceptors (Lipinski definition) is 3. The van der Waals surface area contributed by atoms with E-state index in [1.807, 2.05) is 0 Å². The van der Waals surface area contributed by atoms with Gasteiger partial charge in [0.05, 0.1) is 11.4 Å². The van der Waals surface area contributed by atoms with Crippen LogP contribution in [0.1, 0.15) is 5.56 Å². The molecular formula is C21H16BrCl3N2O3S. The number of benzene rings is 3. The summed E-state index contributed by atoms with van der Waals surface area (Å²) >= 11 is 21.3. The van der Waals surface area contributed by atoms with Gasteiger partial charge >= 0.3 is 0 Å². The van der Waals surface area contributed by atoms with Crippen LogP contribution in [0.25, 0.3) is 0 Å². The maximum atomic E-state index is 13.3. The van der Waals surface area contributed by atoms with Crippen molar-refractivity contribution in [3.05, 3.63) is 91.8 Å². The van der Waals surface area contributed by atoms with Gasteiger partial charge in [0.25, 0.3) is 0 Å². The molecule has 0 heterocycles. The van der Waals surface area contributed by atoms with Gasteiger partial charge in [-0.15, -0.1) is 0 Å². The molecule has 0 atom stereocenters. The molecule has 0 aliphatic rings. The molecule has 5 nitrogen and oxygen atoms in total. The number of anilines is 1. The van der Waals surface area contributed by atoms with Crippen molar-refractivity contribution in [3.63, 3.8) is 0 Å². The molecule has 0 fully saturated rings. The zero-order valence-corrected chi connectivity index (χ0v) is 20.5. The molecule has 31 heavy (non-hydrogen) atoms. The third-order valence-corrected chi connectivity index (χ3v) is 7.43. The first-order valence-corrected chi connectivity index (χ1v) is 12.3. The molecule has 0 saturated heterocycles. The maximum absolute atomic E-state index is 13.3. The molecule has 0 unspecified atom stereocenters. The summed E-state index contributed by atoms with van der Waals surface area (Å²) in [7, 11) is -4.00. The lowest BCUT2D eigenvalue weighted by molar-refractivity contribution is -0.116. The molecule has 10 heteroatoms. The molecule has 162 valence electrons. The molecule has 3 aromatic rings. The summed E-state index contributed by atoms with van der Waals surface area (Å²) in [5.41, 5.74) is 1.02. The Morgan fingerprint density at radius 3 is 2.13 bits per heavy atom. The van der Waals surface area contributed by atoms with Gasteiger partial charge in [0.2, 0.25) is 15.9 Å². The first kappa shape index (κ1) is 24.0. The highest BCUT2D eigenvalue weighted by Gasteiger charge is 2.27. The van der Waals surface area contributed by atoms with Crippen molar-refractivity contribution in [2.24, 2.45) is 0 Å². The van der Waals surface area contributed by atoms with Crippen LogP contribution in [0.2, 0.25) is 15.1 Å². The fourth-order valence-corrected chi connectivity index (χ4v) is 4.95. The second-order valence-electron chi connectivity index (χ2n) is 6.52. The number of amides is 1. The van der Waals surface area contributed by atoms with Crippen molar-refractivity contribution >= 4 is 72.4 Å². The molecule has 0 radical (unpaired) electrons. The summed E-state index contributed by atoms with van der Waals surface area (Å²) in [6, 6.07) is 17.4. The number of halogens is 4. The summed E-state index contributed by atoms with van der Waals surface area (Å²) < 4.78 is 28.4. The minimum Gasteiger partial charge on any atom is -0.325 e. The second-order valence-corrected chi connectivity index (χ2v) is 10.7. The zero-order valence-electron chi connectivity index (χ0n) is 15.9. The number of nitrogens with one attached hydrogen (secondary N) is 1. The average molecular weight is 563 g/mol. The number of nitrogens with zero attached hydrogens (tertiary/aromatic N) is 1. The Kier molecular flexibility index (Phi) is 8.02. The lowest BCUT2D eigenvalue weighted by atomic mass is 10.2. The van der Waals surface area contributed by atoms with Crippen LogP contribution in [0, 0.1) is 0 Å². The van der Waals surface area contributed by atoms with Gasteiger partial charge < -0.3 is 5.32 Å². The molecule has 0 aromatic heterocycles. The predicted octanol–water partition coefficient (Wildman–Crippen LogP) is 6.24. The third kappa shape index (κ3) is 6.44. The summed E-state index contributed by atoms with van der Waals surface area (Å²) in [5.74, 6) is -0.506. The lowest BCUT2D eigenvalue weighted by Crippen LogP contribution is -2.37. The van der Waals surface area contributed by atoms with E-state index in [2.05, 4.69) is 21.2 Å². The standard InChI is InChI=1S/C21H16BrCl3N2O3S/c22-15-2-9-19(10-3-15)31(29,30)27(12-14-1-4-17(24)11-20(14)25)13-21(28)26-18-7-5-16(23)6-8-18/h1-11H,12-13H2,(H,26,28). The number of carbonyl (C=O) groups excluding carboxylic acids is 1. The van der Waals surface area contributed by atoms with Gasteiger partial charge in [0, 0.05) is 31.8 Å². The maximum Gasteiger partial charge on any atom is 0.243 e. The van der Waals surface area contributed by atoms with Gasteiger partial charge in [-0.1, -0.05) is 56.8 Å². The smallest absolute Gasteiger partial charge is 0.243 e. The topological polar surface area (TPSA) is 66.5 Å². The van der Waals surface area contributed by atoms with E-state index in [9.17, 15) is 13.2 Å². The van der Waals surface area contributed by atoms with Gasteiger partial charge in [-0.05, 0) is 66.2 Å². The minimum absolute atomic E-state index is 0.0556. The average Bonchev–Trinajstić information content (AvgIpc) is 2.71. The Bertz CT molecular complexity index is 1190. The quantitative estimate of drug-likeness (QED) is 0.371. The highest BCUT2D eigenvalue weighted by atomic mass is 79.9. The number of sulfonamides is 1. The fraction of sp³-hybridized carbons (Fsp3) is 0.0952. The Balaban J connectivity index is 1.90. The van der Waals surface area contributed by atoms with E-state index in [1.54, 1.807) is 48.5 Å². The van der Waals surface area contributed by atoms with Crippen molar-refractivity contribution in [2.45, 2.75) is 11.4 Å². The molecule has 3 aromatic carbocycles. The van der Waals surface area contributed by atoms with Crippen LogP contribution in [0.15, 0.2) is 76.1 Å². The first-order chi connectivity index (χ1) is 14.6. The van der Waals surface area contributed by atoms with Gasteiger partial charge in [0.1, 0.15) is 0 Å². The highest BCUT2D eigenvalue weighted by molar-refractivity contribution is 9.10. The van der Waals surface area contributed by atoms with Gasteiger partial charge in [-0.25, -0.2) is 8.42 Å². The predicted molar refractivity (Wildman–Crippen MR) is 128 cm³/mol. The van der Waals surface area contributed by atoms with Crippen LogP contribution in [0.4, 0.5) is 5.69 Å². The van der Waals surface area contributed by atoms with Crippen LogP contribution < -0.4 is 5.32 Å². The molecule has 3 rings (SSSR count). The summed E-state index contributed by atoms with van der Waals surface area (Å²) in [5, 5.41) is 3.93. The number of rotatable bonds is 7. The number of hydrogen-bond donors (Lipinski definition) is 1. The van der Waals surface area contributed by atoms with Gasteiger partial charge in [0.15, 0.2) is 0 Å². The van der Waals surface area contributed by atoms with Crippen molar-refractivity contribution in [1.29, 1.82) is 0 Å². The van der Waals surface area contributed by atoms with Crippen molar-refractivity contribution in [1.82, 2.24) is 4.31 Å². The molecule has 0 spiro atoms. The molecule has 1 N–H and O–H groups in total. The van der Waals surface area contributed by atoms with Crippen LogP contribution in [-0.4, -0.2) is 25.2 Å². The van der Waals surface area contributed by atoms with Crippen LogP contribution in [-0.2, 0) is 21.4 Å². The summed E-state index contributed by atoms with van der Waals surface area (Å²) in [4.78, 5) is 12.7. The van der Waals surface area contributed by atoms with Crippen molar-refractivity contribution in [2.75, 3.05) is 11.9 Å². The van der Waals surface area contributed by atoms with Crippen molar-refractivity contribution in [3.8, 4) is 0 Å². The summed E-state index contributed by atoms with van der Waals surface area (Å²) in [6.45, 7) is -0.525. The Morgan fingerprint density at radius 1 is 0.903 bits per heavy atom. The first-order valence-electron chi connectivity index (χ1n) is 8.90. The molecule has 0 aliphatic carbocycles. The van der Waals surface area contributed by atoms with Crippen LogP contribution in [0.3, 0.4) is 0 Å². The Morgan fingerprint density at radius 2 is 1.52 bits per heavy atom. The van der Waals surface area contributed by atoms with Gasteiger partial charge in [-0.3, -0.25) is 4.79 Å². The van der Waals surface area contributed by atoms with E-state index in [0.717, 1.165) is 8.78 Å². The lowest BCUT2D eigenvalue weighted by Gasteiger charge is -2.22. The SMILES string of the molecule is O=C(CN(Cc1ccc(Cl)cc1Cl)S(=O)(=O)c1ccc(Br)cc1)Nc1ccc(Cl)cc1. The fourth-order valence-electron chi connectivity index (χ4n) is 2.72. The second kappa shape index (κ2) is 10.3. The minimum atomic E-state index is -4.00. The zero-order chi connectivity index (χ0) is 22.6. The number of carbonyl (C=O) groups is 1. The van der Waals surface area contributed by atoms with E-state index >= 15 is 0 Å². The molecular weight excluding hydrogens is 547 g/mol. The summed E-state index contributed by atoms with van der Waals surface area (Å²) in [6.07, 6.45) is 0. The Hall–Kier alpha value is -1.61. The van der Waals surface area contributed by atoms with Crippen molar-refractivity contribution < 1.29 is 13.2 Å². The normalized spacial score (nSPS) is 11.5. The molecule has 1 amide bonds. The highest BCUT2D eigenvalue weighted by Crippen LogP contribution is 2.26. The van der Waals surface area contributed by atoms with E-state index in [4.69, 9.17) is 34.8 Å². The van der Waals surface area contributed by atoms with E-state index in [0.29, 0.717) is 26.3 Å². The largest absolute Gasteiger partial charge is 0.325 e. The third-order valence-electron chi connectivity index (χ3n) is 4.26. The van der Waals surface area contributed by atoms with Crippen LogP contribution >= 0.6 is 50.7 Å². The monoisotopic (exact) mass is 560 g/mol.